The smallest absolute Gasteiger partial charge is 0.226 e. The number of para-hydroxylation sites is 2. The van der Waals surface area contributed by atoms with Crippen molar-refractivity contribution < 1.29 is 4.74 Å². The Hall–Kier alpha value is -3.84. The van der Waals surface area contributed by atoms with Gasteiger partial charge in [-0.25, -0.2) is 4.68 Å². The van der Waals surface area contributed by atoms with Crippen LogP contribution < -0.4 is 4.74 Å². The van der Waals surface area contributed by atoms with Gasteiger partial charge in [0.2, 0.25) is 5.88 Å². The molecule has 4 aromatic rings. The van der Waals surface area contributed by atoms with Gasteiger partial charge in [-0.15, -0.1) is 0 Å². The first-order valence-electron chi connectivity index (χ1n) is 9.11. The van der Waals surface area contributed by atoms with E-state index in [4.69, 9.17) is 9.84 Å². The third-order valence-electron chi connectivity index (χ3n) is 4.58. The van der Waals surface area contributed by atoms with Crippen LogP contribution in [0.4, 0.5) is 0 Å². The second kappa shape index (κ2) is 7.81. The molecule has 0 spiro atoms. The normalized spacial score (nSPS) is 10.4. The lowest BCUT2D eigenvalue weighted by Gasteiger charge is -2.12. The molecule has 0 fully saturated rings. The van der Waals surface area contributed by atoms with Gasteiger partial charge in [-0.1, -0.05) is 60.7 Å². The number of aryl methyl sites for hydroxylation is 1. The summed E-state index contributed by atoms with van der Waals surface area (Å²) in [5, 5.41) is 14.2. The Morgan fingerprint density at radius 3 is 2.25 bits per heavy atom. The number of rotatable bonds is 5. The van der Waals surface area contributed by atoms with Crippen LogP contribution in [0.5, 0.6) is 11.6 Å². The van der Waals surface area contributed by atoms with Gasteiger partial charge >= 0.3 is 0 Å². The zero-order chi connectivity index (χ0) is 19.3. The van der Waals surface area contributed by atoms with Gasteiger partial charge in [0.1, 0.15) is 11.8 Å². The minimum Gasteiger partial charge on any atom is -0.437 e. The molecule has 0 amide bonds. The van der Waals surface area contributed by atoms with Gasteiger partial charge < -0.3 is 4.74 Å². The third kappa shape index (κ3) is 3.51. The van der Waals surface area contributed by atoms with Crippen molar-refractivity contribution in [3.8, 4) is 23.4 Å². The van der Waals surface area contributed by atoms with Crippen molar-refractivity contribution in [2.75, 3.05) is 0 Å². The minimum atomic E-state index is 0.492. The molecule has 4 nitrogen and oxygen atoms in total. The van der Waals surface area contributed by atoms with E-state index in [1.54, 1.807) is 6.07 Å². The van der Waals surface area contributed by atoms with Gasteiger partial charge in [0.05, 0.1) is 16.9 Å². The lowest BCUT2D eigenvalue weighted by Crippen LogP contribution is -2.01. The van der Waals surface area contributed by atoms with E-state index in [1.807, 2.05) is 78.3 Å². The highest BCUT2D eigenvalue weighted by Crippen LogP contribution is 2.33. The van der Waals surface area contributed by atoms with Crippen LogP contribution in [-0.4, -0.2) is 9.78 Å². The summed E-state index contributed by atoms with van der Waals surface area (Å²) >= 11 is 0. The van der Waals surface area contributed by atoms with Gasteiger partial charge in [-0.2, -0.15) is 10.4 Å². The first-order chi connectivity index (χ1) is 13.8. The van der Waals surface area contributed by atoms with Gasteiger partial charge in [-0.3, -0.25) is 0 Å². The molecule has 0 unspecified atom stereocenters. The average Bonchev–Trinajstić information content (AvgIpc) is 3.05. The van der Waals surface area contributed by atoms with E-state index in [0.717, 1.165) is 16.9 Å². The van der Waals surface area contributed by atoms with Crippen LogP contribution in [0.2, 0.25) is 0 Å². The average molecular weight is 365 g/mol. The first-order valence-corrected chi connectivity index (χ1v) is 9.11. The summed E-state index contributed by atoms with van der Waals surface area (Å²) in [6, 6.07) is 29.6. The molecule has 1 heterocycles. The van der Waals surface area contributed by atoms with Gasteiger partial charge in [0, 0.05) is 12.0 Å². The summed E-state index contributed by atoms with van der Waals surface area (Å²) in [6.45, 7) is 1.99. The minimum absolute atomic E-state index is 0.492. The molecule has 0 saturated heterocycles. The molecule has 0 radical (unpaired) electrons. The van der Waals surface area contributed by atoms with Crippen molar-refractivity contribution in [2.24, 2.45) is 0 Å². The van der Waals surface area contributed by atoms with Crippen molar-refractivity contribution >= 4 is 0 Å². The number of aromatic nitrogens is 2. The SMILES string of the molecule is Cc1nn(-c2ccccc2)c(Oc2ccccc2C#N)c1Cc1ccccc1. The molecule has 0 aliphatic heterocycles. The van der Waals surface area contributed by atoms with Crippen molar-refractivity contribution in [1.29, 1.82) is 5.26 Å². The predicted molar refractivity (Wildman–Crippen MR) is 109 cm³/mol. The van der Waals surface area contributed by atoms with Crippen molar-refractivity contribution in [3.05, 3.63) is 107 Å². The molecule has 0 N–H and O–H groups in total. The first kappa shape index (κ1) is 17.6. The molecule has 0 aliphatic rings. The van der Waals surface area contributed by atoms with Gasteiger partial charge in [0.15, 0.2) is 0 Å². The van der Waals surface area contributed by atoms with E-state index in [2.05, 4.69) is 18.2 Å². The predicted octanol–water partition coefficient (Wildman–Crippen LogP) is 5.44. The van der Waals surface area contributed by atoms with E-state index < -0.39 is 0 Å². The Kier molecular flexibility index (Phi) is 4.90. The Labute approximate surface area is 164 Å². The summed E-state index contributed by atoms with van der Waals surface area (Å²) in [4.78, 5) is 0. The zero-order valence-corrected chi connectivity index (χ0v) is 15.5. The Morgan fingerprint density at radius 1 is 0.893 bits per heavy atom. The van der Waals surface area contributed by atoms with Gasteiger partial charge in [0.25, 0.3) is 0 Å². The second-order valence-electron chi connectivity index (χ2n) is 6.49. The Bertz CT molecular complexity index is 1130. The van der Waals surface area contributed by atoms with E-state index in [0.29, 0.717) is 23.6 Å². The molecule has 28 heavy (non-hydrogen) atoms. The standard InChI is InChI=1S/C24H19N3O/c1-18-22(16-19-10-4-2-5-11-19)24(27(26-18)21-13-6-3-7-14-21)28-23-15-9-8-12-20(23)17-25/h2-15H,16H2,1H3. The monoisotopic (exact) mass is 365 g/mol. The molecule has 4 rings (SSSR count). The maximum Gasteiger partial charge on any atom is 0.226 e. The molecule has 136 valence electrons. The van der Waals surface area contributed by atoms with Crippen LogP contribution in [0.1, 0.15) is 22.4 Å². The number of ether oxygens (including phenoxy) is 1. The molecule has 3 aromatic carbocycles. The number of hydrogen-bond donors (Lipinski definition) is 0. The summed E-state index contributed by atoms with van der Waals surface area (Å²) in [7, 11) is 0. The summed E-state index contributed by atoms with van der Waals surface area (Å²) in [5.74, 6) is 1.16. The number of nitriles is 1. The second-order valence-corrected chi connectivity index (χ2v) is 6.49. The van der Waals surface area contributed by atoms with Crippen LogP contribution in [-0.2, 0) is 6.42 Å². The van der Waals surface area contributed by atoms with Crippen molar-refractivity contribution in [2.45, 2.75) is 13.3 Å². The molecular formula is C24H19N3O. The molecule has 4 heteroatoms. The highest BCUT2D eigenvalue weighted by molar-refractivity contribution is 5.49. The fraction of sp³-hybridized carbons (Fsp3) is 0.0833. The number of hydrogen-bond acceptors (Lipinski definition) is 3. The lowest BCUT2D eigenvalue weighted by atomic mass is 10.1. The zero-order valence-electron chi connectivity index (χ0n) is 15.5. The summed E-state index contributed by atoms with van der Waals surface area (Å²) in [6.07, 6.45) is 0.698. The third-order valence-corrected chi connectivity index (χ3v) is 4.58. The summed E-state index contributed by atoms with van der Waals surface area (Å²) < 4.78 is 8.10. The highest BCUT2D eigenvalue weighted by atomic mass is 16.5. The maximum atomic E-state index is 9.44. The molecule has 1 aromatic heterocycles. The van der Waals surface area contributed by atoms with Crippen molar-refractivity contribution in [3.63, 3.8) is 0 Å². The van der Waals surface area contributed by atoms with E-state index in [1.165, 1.54) is 5.56 Å². The highest BCUT2D eigenvalue weighted by Gasteiger charge is 2.20. The molecule has 0 saturated carbocycles. The van der Waals surface area contributed by atoms with Crippen LogP contribution in [0, 0.1) is 18.3 Å². The molecule has 0 bridgehead atoms. The van der Waals surface area contributed by atoms with Crippen LogP contribution in [0.3, 0.4) is 0 Å². The molecule has 0 aliphatic carbocycles. The fourth-order valence-electron chi connectivity index (χ4n) is 3.14. The Balaban J connectivity index is 1.84. The van der Waals surface area contributed by atoms with Crippen LogP contribution in [0.15, 0.2) is 84.9 Å². The molecule has 0 atom stereocenters. The Morgan fingerprint density at radius 2 is 1.54 bits per heavy atom. The maximum absolute atomic E-state index is 9.44. The van der Waals surface area contributed by atoms with Crippen LogP contribution >= 0.6 is 0 Å². The van der Waals surface area contributed by atoms with Gasteiger partial charge in [-0.05, 0) is 36.8 Å². The number of nitrogens with zero attached hydrogens (tertiary/aromatic N) is 3. The number of benzene rings is 3. The van der Waals surface area contributed by atoms with E-state index >= 15 is 0 Å². The topological polar surface area (TPSA) is 50.8 Å². The quantitative estimate of drug-likeness (QED) is 0.473. The van der Waals surface area contributed by atoms with E-state index in [-0.39, 0.29) is 0 Å². The largest absolute Gasteiger partial charge is 0.437 e. The van der Waals surface area contributed by atoms with E-state index in [9.17, 15) is 5.26 Å². The molecular weight excluding hydrogens is 346 g/mol. The summed E-state index contributed by atoms with van der Waals surface area (Å²) in [5.41, 5.74) is 4.48. The van der Waals surface area contributed by atoms with Crippen LogP contribution in [0.25, 0.3) is 5.69 Å². The lowest BCUT2D eigenvalue weighted by molar-refractivity contribution is 0.439. The van der Waals surface area contributed by atoms with Crippen molar-refractivity contribution in [1.82, 2.24) is 9.78 Å². The fourth-order valence-corrected chi connectivity index (χ4v) is 3.14.